The van der Waals surface area contributed by atoms with Crippen LogP contribution in [0.15, 0.2) is 35.4 Å². The van der Waals surface area contributed by atoms with Crippen molar-refractivity contribution >= 4 is 23.1 Å². The number of thiophene rings is 1. The van der Waals surface area contributed by atoms with Gasteiger partial charge >= 0.3 is 0 Å². The largest absolute Gasteiger partial charge is 0.352 e. The Morgan fingerprint density at radius 3 is 2.75 bits per heavy atom. The fraction of sp³-hybridized carbons (Fsp3) is 0.357. The molecule has 0 atom stereocenters. The molecule has 5 nitrogen and oxygen atoms in total. The highest BCUT2D eigenvalue weighted by atomic mass is 32.1. The number of carbonyl (C=O) groups is 1. The van der Waals surface area contributed by atoms with Gasteiger partial charge in [0.1, 0.15) is 5.82 Å². The van der Waals surface area contributed by atoms with E-state index in [1.54, 1.807) is 29.9 Å². The van der Waals surface area contributed by atoms with Gasteiger partial charge in [-0.3, -0.25) is 9.78 Å². The zero-order chi connectivity index (χ0) is 13.8. The second-order valence-electron chi connectivity index (χ2n) is 4.74. The number of carbonyl (C=O) groups excluding carboxylic acids is 1. The van der Waals surface area contributed by atoms with Crippen LogP contribution in [0.4, 0.5) is 5.82 Å². The molecule has 3 rings (SSSR count). The van der Waals surface area contributed by atoms with Gasteiger partial charge < -0.3 is 9.80 Å². The Morgan fingerprint density at radius 2 is 2.10 bits per heavy atom. The maximum Gasteiger partial charge on any atom is 0.227 e. The highest BCUT2D eigenvalue weighted by molar-refractivity contribution is 7.07. The standard InChI is InChI=1S/C14H16N4OS/c19-14(9-12-1-8-20-11-12)18-6-4-17(5-7-18)13-10-15-2-3-16-13/h1-3,8,10-11H,4-7,9H2. The average molecular weight is 288 g/mol. The minimum atomic E-state index is 0.210. The highest BCUT2D eigenvalue weighted by Gasteiger charge is 2.21. The summed E-state index contributed by atoms with van der Waals surface area (Å²) in [6.45, 7) is 3.13. The zero-order valence-corrected chi connectivity index (χ0v) is 11.9. The minimum Gasteiger partial charge on any atom is -0.352 e. The Hall–Kier alpha value is -1.95. The van der Waals surface area contributed by atoms with E-state index < -0.39 is 0 Å². The summed E-state index contributed by atoms with van der Waals surface area (Å²) in [7, 11) is 0. The molecule has 2 aromatic rings. The molecule has 0 saturated carbocycles. The normalized spacial score (nSPS) is 15.4. The van der Waals surface area contributed by atoms with E-state index in [0.717, 1.165) is 37.6 Å². The van der Waals surface area contributed by atoms with E-state index in [0.29, 0.717) is 6.42 Å². The van der Waals surface area contributed by atoms with E-state index in [9.17, 15) is 4.79 Å². The summed E-state index contributed by atoms with van der Waals surface area (Å²) >= 11 is 1.63. The van der Waals surface area contributed by atoms with Gasteiger partial charge in [-0.2, -0.15) is 11.3 Å². The first-order valence-corrected chi connectivity index (χ1v) is 7.57. The lowest BCUT2D eigenvalue weighted by Gasteiger charge is -2.35. The smallest absolute Gasteiger partial charge is 0.227 e. The number of hydrogen-bond acceptors (Lipinski definition) is 5. The van der Waals surface area contributed by atoms with Crippen molar-refractivity contribution in [2.45, 2.75) is 6.42 Å². The maximum atomic E-state index is 12.2. The van der Waals surface area contributed by atoms with Gasteiger partial charge in [0.2, 0.25) is 5.91 Å². The van der Waals surface area contributed by atoms with Crippen molar-refractivity contribution in [3.05, 3.63) is 41.0 Å². The van der Waals surface area contributed by atoms with Gasteiger partial charge in [0.05, 0.1) is 12.6 Å². The minimum absolute atomic E-state index is 0.210. The second kappa shape index (κ2) is 6.00. The SMILES string of the molecule is O=C(Cc1ccsc1)N1CCN(c2cnccn2)CC1. The van der Waals surface area contributed by atoms with Crippen molar-refractivity contribution in [3.8, 4) is 0 Å². The van der Waals surface area contributed by atoms with Crippen LogP contribution in [-0.2, 0) is 11.2 Å². The lowest BCUT2D eigenvalue weighted by atomic mass is 10.2. The summed E-state index contributed by atoms with van der Waals surface area (Å²) in [5.41, 5.74) is 1.11. The maximum absolute atomic E-state index is 12.2. The summed E-state index contributed by atoms with van der Waals surface area (Å²) in [6.07, 6.45) is 5.64. The van der Waals surface area contributed by atoms with Crippen molar-refractivity contribution in [1.29, 1.82) is 0 Å². The molecule has 1 fully saturated rings. The van der Waals surface area contributed by atoms with Gasteiger partial charge in [-0.1, -0.05) is 0 Å². The Labute approximate surface area is 121 Å². The molecular formula is C14H16N4OS. The van der Waals surface area contributed by atoms with Crippen LogP contribution in [0.1, 0.15) is 5.56 Å². The van der Waals surface area contributed by atoms with E-state index in [4.69, 9.17) is 0 Å². The second-order valence-corrected chi connectivity index (χ2v) is 5.52. The monoisotopic (exact) mass is 288 g/mol. The molecule has 20 heavy (non-hydrogen) atoms. The van der Waals surface area contributed by atoms with E-state index in [1.165, 1.54) is 0 Å². The summed E-state index contributed by atoms with van der Waals surface area (Å²) in [5, 5.41) is 4.04. The predicted octanol–water partition coefficient (Wildman–Crippen LogP) is 1.43. The van der Waals surface area contributed by atoms with Crippen LogP contribution in [-0.4, -0.2) is 47.0 Å². The van der Waals surface area contributed by atoms with Gasteiger partial charge in [-0.15, -0.1) is 0 Å². The van der Waals surface area contributed by atoms with Crippen molar-refractivity contribution in [2.75, 3.05) is 31.1 Å². The topological polar surface area (TPSA) is 49.3 Å². The van der Waals surface area contributed by atoms with E-state index in [1.807, 2.05) is 21.7 Å². The quantitative estimate of drug-likeness (QED) is 0.857. The van der Waals surface area contributed by atoms with Gasteiger partial charge in [0.15, 0.2) is 0 Å². The van der Waals surface area contributed by atoms with Crippen LogP contribution < -0.4 is 4.90 Å². The van der Waals surface area contributed by atoms with Gasteiger partial charge in [-0.25, -0.2) is 4.98 Å². The fourth-order valence-electron chi connectivity index (χ4n) is 2.32. The summed E-state index contributed by atoms with van der Waals surface area (Å²) in [6, 6.07) is 2.01. The number of nitrogens with zero attached hydrogens (tertiary/aromatic N) is 4. The van der Waals surface area contributed by atoms with Crippen LogP contribution in [0.2, 0.25) is 0 Å². The number of amides is 1. The molecule has 1 aliphatic rings. The lowest BCUT2D eigenvalue weighted by molar-refractivity contribution is -0.130. The van der Waals surface area contributed by atoms with Gasteiger partial charge in [0.25, 0.3) is 0 Å². The molecule has 0 unspecified atom stereocenters. The van der Waals surface area contributed by atoms with Crippen molar-refractivity contribution in [1.82, 2.24) is 14.9 Å². The third-order valence-corrected chi connectivity index (χ3v) is 4.17. The van der Waals surface area contributed by atoms with E-state index in [2.05, 4.69) is 14.9 Å². The molecule has 0 spiro atoms. The van der Waals surface area contributed by atoms with E-state index in [-0.39, 0.29) is 5.91 Å². The molecule has 104 valence electrons. The molecule has 0 radical (unpaired) electrons. The molecular weight excluding hydrogens is 272 g/mol. The van der Waals surface area contributed by atoms with Crippen LogP contribution >= 0.6 is 11.3 Å². The molecule has 6 heteroatoms. The summed E-state index contributed by atoms with van der Waals surface area (Å²) in [4.78, 5) is 24.7. The van der Waals surface area contributed by atoms with Crippen molar-refractivity contribution in [2.24, 2.45) is 0 Å². The summed E-state index contributed by atoms with van der Waals surface area (Å²) < 4.78 is 0. The highest BCUT2D eigenvalue weighted by Crippen LogP contribution is 2.13. The number of aromatic nitrogens is 2. The molecule has 3 heterocycles. The van der Waals surface area contributed by atoms with Gasteiger partial charge in [-0.05, 0) is 22.4 Å². The summed E-state index contributed by atoms with van der Waals surface area (Å²) in [5.74, 6) is 1.10. The van der Waals surface area contributed by atoms with Gasteiger partial charge in [0, 0.05) is 38.6 Å². The molecule has 2 aromatic heterocycles. The molecule has 0 N–H and O–H groups in total. The number of piperazine rings is 1. The average Bonchev–Trinajstić information content (AvgIpc) is 3.01. The third-order valence-electron chi connectivity index (χ3n) is 3.44. The molecule has 1 amide bonds. The molecule has 1 aliphatic heterocycles. The fourth-order valence-corrected chi connectivity index (χ4v) is 2.99. The van der Waals surface area contributed by atoms with Crippen molar-refractivity contribution in [3.63, 3.8) is 0 Å². The van der Waals surface area contributed by atoms with Crippen LogP contribution in [0.25, 0.3) is 0 Å². The first-order valence-electron chi connectivity index (χ1n) is 6.63. The number of hydrogen-bond donors (Lipinski definition) is 0. The van der Waals surface area contributed by atoms with Crippen LogP contribution in [0.3, 0.4) is 0 Å². The Balaban J connectivity index is 1.54. The zero-order valence-electron chi connectivity index (χ0n) is 11.1. The number of rotatable bonds is 3. The third kappa shape index (κ3) is 2.96. The Bertz CT molecular complexity index is 550. The first-order chi connectivity index (χ1) is 9.83. The van der Waals surface area contributed by atoms with Crippen LogP contribution in [0.5, 0.6) is 0 Å². The first kappa shape index (κ1) is 13.1. The molecule has 0 aliphatic carbocycles. The Kier molecular flexibility index (Phi) is 3.92. The lowest BCUT2D eigenvalue weighted by Crippen LogP contribution is -2.49. The number of anilines is 1. The Morgan fingerprint density at radius 1 is 1.25 bits per heavy atom. The van der Waals surface area contributed by atoms with Crippen molar-refractivity contribution < 1.29 is 4.79 Å². The molecule has 1 saturated heterocycles. The molecule has 0 aromatic carbocycles. The molecule has 0 bridgehead atoms. The van der Waals surface area contributed by atoms with Crippen LogP contribution in [0, 0.1) is 0 Å². The predicted molar refractivity (Wildman–Crippen MR) is 78.8 cm³/mol. The van der Waals surface area contributed by atoms with E-state index >= 15 is 0 Å².